The second-order valence-electron chi connectivity index (χ2n) is 3.19. The van der Waals surface area contributed by atoms with Crippen molar-refractivity contribution in [2.24, 2.45) is 5.73 Å². The van der Waals surface area contributed by atoms with Crippen LogP contribution in [0.4, 0.5) is 0 Å². The third-order valence-corrected chi connectivity index (χ3v) is 2.66. The van der Waals surface area contributed by atoms with Crippen LogP contribution in [-0.4, -0.2) is 33.5 Å². The summed E-state index contributed by atoms with van der Waals surface area (Å²) in [7, 11) is 0. The molecule has 3 N–H and O–H groups in total. The number of aromatic nitrogens is 2. The third kappa shape index (κ3) is 3.61. The fraction of sp³-hybridized carbons (Fsp3) is 0.556. The summed E-state index contributed by atoms with van der Waals surface area (Å²) in [4.78, 5) is 8.51. The summed E-state index contributed by atoms with van der Waals surface area (Å²) in [6.45, 7) is 3.87. The predicted molar refractivity (Wildman–Crippen MR) is 57.3 cm³/mol. The second-order valence-corrected chi connectivity index (χ2v) is 4.17. The van der Waals surface area contributed by atoms with Crippen LogP contribution in [0.2, 0.25) is 0 Å². The Morgan fingerprint density at radius 3 is 2.50 bits per heavy atom. The van der Waals surface area contributed by atoms with Gasteiger partial charge in [0.2, 0.25) is 0 Å². The molecule has 0 saturated carbocycles. The quantitative estimate of drug-likeness (QED) is 0.563. The third-order valence-electron chi connectivity index (χ3n) is 1.62. The first-order chi connectivity index (χ1) is 6.61. The second kappa shape index (κ2) is 5.29. The maximum Gasteiger partial charge on any atom is 0.188 e. The van der Waals surface area contributed by atoms with E-state index in [1.54, 1.807) is 0 Å². The van der Waals surface area contributed by atoms with Crippen molar-refractivity contribution in [2.75, 3.05) is 12.4 Å². The lowest BCUT2D eigenvalue weighted by Gasteiger charge is -2.06. The van der Waals surface area contributed by atoms with Crippen LogP contribution in [-0.2, 0) is 0 Å². The largest absolute Gasteiger partial charge is 0.395 e. The van der Waals surface area contributed by atoms with Crippen molar-refractivity contribution < 1.29 is 5.11 Å². The van der Waals surface area contributed by atoms with Gasteiger partial charge < -0.3 is 10.8 Å². The number of nitrogens with two attached hydrogens (primary N) is 1. The molecule has 0 saturated heterocycles. The highest BCUT2D eigenvalue weighted by Gasteiger charge is 2.04. The summed E-state index contributed by atoms with van der Waals surface area (Å²) in [5.74, 6) is 0.638. The highest BCUT2D eigenvalue weighted by atomic mass is 32.2. The number of thioether (sulfide) groups is 1. The van der Waals surface area contributed by atoms with Gasteiger partial charge in [-0.25, -0.2) is 9.97 Å². The first-order valence-electron chi connectivity index (χ1n) is 4.43. The Labute approximate surface area is 88.0 Å². The van der Waals surface area contributed by atoms with Crippen molar-refractivity contribution in [1.82, 2.24) is 9.97 Å². The molecule has 1 heterocycles. The molecule has 0 aliphatic rings. The van der Waals surface area contributed by atoms with Gasteiger partial charge in [-0.1, -0.05) is 11.8 Å². The Kier molecular flexibility index (Phi) is 4.31. The normalized spacial score (nSPS) is 12.9. The molecule has 78 valence electrons. The van der Waals surface area contributed by atoms with E-state index in [9.17, 15) is 0 Å². The van der Waals surface area contributed by atoms with E-state index in [2.05, 4.69) is 9.97 Å². The van der Waals surface area contributed by atoms with E-state index < -0.39 is 0 Å². The summed E-state index contributed by atoms with van der Waals surface area (Å²) < 4.78 is 0. The van der Waals surface area contributed by atoms with Gasteiger partial charge in [0, 0.05) is 23.2 Å². The lowest BCUT2D eigenvalue weighted by Crippen LogP contribution is -2.27. The Morgan fingerprint density at radius 1 is 1.43 bits per heavy atom. The minimum Gasteiger partial charge on any atom is -0.395 e. The molecule has 0 fully saturated rings. The van der Waals surface area contributed by atoms with E-state index in [0.717, 1.165) is 16.5 Å². The molecule has 4 nitrogen and oxygen atoms in total. The smallest absolute Gasteiger partial charge is 0.188 e. The fourth-order valence-corrected chi connectivity index (χ4v) is 1.88. The molecular weight excluding hydrogens is 198 g/mol. The predicted octanol–water partition coefficient (Wildman–Crippen LogP) is 0.505. The Balaban J connectivity index is 2.58. The number of aliphatic hydroxyl groups excluding tert-OH is 1. The molecule has 0 aliphatic heterocycles. The molecule has 1 atom stereocenters. The first kappa shape index (κ1) is 11.4. The average molecular weight is 213 g/mol. The number of aryl methyl sites for hydroxylation is 2. The fourth-order valence-electron chi connectivity index (χ4n) is 0.992. The molecule has 0 radical (unpaired) electrons. The van der Waals surface area contributed by atoms with Crippen LogP contribution in [0.3, 0.4) is 0 Å². The van der Waals surface area contributed by atoms with Gasteiger partial charge in [-0.05, 0) is 19.9 Å². The van der Waals surface area contributed by atoms with Gasteiger partial charge in [0.1, 0.15) is 0 Å². The standard InChI is InChI=1S/C9H15N3OS/c1-6-3-7(2)12-9(11-6)14-5-8(10)4-13/h3,8,13H,4-5,10H2,1-2H3. The molecule has 0 aromatic carbocycles. The molecule has 0 amide bonds. The highest BCUT2D eigenvalue weighted by Crippen LogP contribution is 2.14. The molecule has 0 bridgehead atoms. The van der Waals surface area contributed by atoms with Crippen molar-refractivity contribution in [2.45, 2.75) is 25.0 Å². The van der Waals surface area contributed by atoms with Gasteiger partial charge >= 0.3 is 0 Å². The molecule has 1 rings (SSSR count). The maximum absolute atomic E-state index is 8.74. The van der Waals surface area contributed by atoms with Gasteiger partial charge in [-0.15, -0.1) is 0 Å². The van der Waals surface area contributed by atoms with Crippen LogP contribution in [0.5, 0.6) is 0 Å². The highest BCUT2D eigenvalue weighted by molar-refractivity contribution is 7.99. The zero-order valence-corrected chi connectivity index (χ0v) is 9.21. The van der Waals surface area contributed by atoms with Crippen molar-refractivity contribution in [3.8, 4) is 0 Å². The van der Waals surface area contributed by atoms with Crippen LogP contribution < -0.4 is 5.73 Å². The number of hydrogen-bond donors (Lipinski definition) is 2. The Hall–Kier alpha value is -0.650. The lowest BCUT2D eigenvalue weighted by atomic mass is 10.4. The molecule has 5 heteroatoms. The molecular formula is C9H15N3OS. The number of nitrogens with zero attached hydrogens (tertiary/aromatic N) is 2. The number of hydrogen-bond acceptors (Lipinski definition) is 5. The topological polar surface area (TPSA) is 72.0 Å². The van der Waals surface area contributed by atoms with Crippen LogP contribution in [0.25, 0.3) is 0 Å². The number of aliphatic hydroxyl groups is 1. The van der Waals surface area contributed by atoms with E-state index in [1.165, 1.54) is 11.8 Å². The monoisotopic (exact) mass is 213 g/mol. The maximum atomic E-state index is 8.74. The van der Waals surface area contributed by atoms with E-state index in [0.29, 0.717) is 5.75 Å². The molecule has 1 aromatic rings. The summed E-state index contributed by atoms with van der Waals surface area (Å²) in [5.41, 5.74) is 7.48. The van der Waals surface area contributed by atoms with E-state index in [-0.39, 0.29) is 12.6 Å². The van der Waals surface area contributed by atoms with Crippen molar-refractivity contribution >= 4 is 11.8 Å². The van der Waals surface area contributed by atoms with E-state index in [4.69, 9.17) is 10.8 Å². The molecule has 0 aliphatic carbocycles. The van der Waals surface area contributed by atoms with Crippen molar-refractivity contribution in [3.05, 3.63) is 17.5 Å². The van der Waals surface area contributed by atoms with Crippen LogP contribution in [0.15, 0.2) is 11.2 Å². The molecule has 1 aromatic heterocycles. The van der Waals surface area contributed by atoms with Gasteiger partial charge in [0.15, 0.2) is 5.16 Å². The molecule has 1 unspecified atom stereocenters. The SMILES string of the molecule is Cc1cc(C)nc(SCC(N)CO)n1. The number of rotatable bonds is 4. The van der Waals surface area contributed by atoms with Crippen LogP contribution >= 0.6 is 11.8 Å². The zero-order valence-electron chi connectivity index (χ0n) is 8.40. The average Bonchev–Trinajstić information content (AvgIpc) is 2.12. The van der Waals surface area contributed by atoms with Crippen molar-refractivity contribution in [1.29, 1.82) is 0 Å². The zero-order chi connectivity index (χ0) is 10.6. The van der Waals surface area contributed by atoms with E-state index >= 15 is 0 Å². The first-order valence-corrected chi connectivity index (χ1v) is 5.42. The minimum absolute atomic E-state index is 0.00218. The molecule has 14 heavy (non-hydrogen) atoms. The Morgan fingerprint density at radius 2 is 2.00 bits per heavy atom. The van der Waals surface area contributed by atoms with Gasteiger partial charge in [0.05, 0.1) is 6.61 Å². The summed E-state index contributed by atoms with van der Waals surface area (Å²) in [6, 6.07) is 1.72. The van der Waals surface area contributed by atoms with E-state index in [1.807, 2.05) is 19.9 Å². The van der Waals surface area contributed by atoms with Crippen molar-refractivity contribution in [3.63, 3.8) is 0 Å². The van der Waals surface area contributed by atoms with Crippen LogP contribution in [0.1, 0.15) is 11.4 Å². The Bertz CT molecular complexity index is 286. The summed E-state index contributed by atoms with van der Waals surface area (Å²) in [5, 5.41) is 9.47. The summed E-state index contributed by atoms with van der Waals surface area (Å²) >= 11 is 1.47. The van der Waals surface area contributed by atoms with Gasteiger partial charge in [-0.2, -0.15) is 0 Å². The lowest BCUT2D eigenvalue weighted by molar-refractivity contribution is 0.275. The summed E-state index contributed by atoms with van der Waals surface area (Å²) in [6.07, 6.45) is 0. The van der Waals surface area contributed by atoms with Gasteiger partial charge in [-0.3, -0.25) is 0 Å². The van der Waals surface area contributed by atoms with Crippen LogP contribution in [0, 0.1) is 13.8 Å². The minimum atomic E-state index is -0.204. The molecule has 0 spiro atoms. The van der Waals surface area contributed by atoms with Gasteiger partial charge in [0.25, 0.3) is 0 Å².